The van der Waals surface area contributed by atoms with Crippen LogP contribution in [0.2, 0.25) is 0 Å². The van der Waals surface area contributed by atoms with Gasteiger partial charge in [0.05, 0.1) is 5.52 Å². The molecule has 0 spiro atoms. The summed E-state index contributed by atoms with van der Waals surface area (Å²) in [7, 11) is 0. The minimum Gasteiger partial charge on any atom is -0.352 e. The van der Waals surface area contributed by atoms with E-state index < -0.39 is 5.69 Å². The van der Waals surface area contributed by atoms with Crippen LogP contribution in [0.1, 0.15) is 25.8 Å². The van der Waals surface area contributed by atoms with E-state index in [4.69, 9.17) is 0 Å². The van der Waals surface area contributed by atoms with Crippen molar-refractivity contribution in [3.8, 4) is 0 Å². The summed E-state index contributed by atoms with van der Waals surface area (Å²) in [6.45, 7) is 3.89. The minimum absolute atomic E-state index is 0.0107. The van der Waals surface area contributed by atoms with Gasteiger partial charge in [-0.25, -0.2) is 4.79 Å². The lowest BCUT2D eigenvalue weighted by Gasteiger charge is -2.15. The summed E-state index contributed by atoms with van der Waals surface area (Å²) in [6.07, 6.45) is 1.69. The lowest BCUT2D eigenvalue weighted by molar-refractivity contribution is -0.122. The fraction of sp³-hybridized carbons (Fsp3) is 0.350. The zero-order chi connectivity index (χ0) is 19.4. The van der Waals surface area contributed by atoms with Crippen molar-refractivity contribution < 1.29 is 4.79 Å². The molecule has 3 aromatic rings. The number of nitrogens with one attached hydrogen (secondary N) is 1. The monoisotopic (exact) mass is 385 g/mol. The highest BCUT2D eigenvalue weighted by Gasteiger charge is 2.16. The van der Waals surface area contributed by atoms with Crippen molar-refractivity contribution in [2.75, 3.05) is 0 Å². The Kier molecular flexibility index (Phi) is 5.91. The Bertz CT molecular complexity index is 1050. The fourth-order valence-electron chi connectivity index (χ4n) is 3.13. The van der Waals surface area contributed by atoms with Crippen LogP contribution in [0, 0.1) is 0 Å². The average molecular weight is 385 g/mol. The fourth-order valence-corrected chi connectivity index (χ4v) is 3.97. The van der Waals surface area contributed by atoms with Crippen LogP contribution in [0.5, 0.6) is 0 Å². The molecular formula is C20H23N3O3S. The van der Waals surface area contributed by atoms with Gasteiger partial charge in [0, 0.05) is 12.6 Å². The summed E-state index contributed by atoms with van der Waals surface area (Å²) in [5.74, 6) is -0.230. The Morgan fingerprint density at radius 2 is 1.89 bits per heavy atom. The van der Waals surface area contributed by atoms with E-state index in [0.29, 0.717) is 10.2 Å². The zero-order valence-electron chi connectivity index (χ0n) is 15.5. The lowest BCUT2D eigenvalue weighted by Crippen LogP contribution is -2.43. The van der Waals surface area contributed by atoms with E-state index in [1.165, 1.54) is 26.0 Å². The number of hydrogen-bond acceptors (Lipinski definition) is 4. The van der Waals surface area contributed by atoms with Crippen LogP contribution in [0.25, 0.3) is 10.2 Å². The van der Waals surface area contributed by atoms with Crippen molar-refractivity contribution in [2.24, 2.45) is 0 Å². The van der Waals surface area contributed by atoms with Gasteiger partial charge in [0.2, 0.25) is 5.91 Å². The third kappa shape index (κ3) is 4.19. The number of aromatic nitrogens is 2. The highest BCUT2D eigenvalue weighted by Crippen LogP contribution is 2.15. The molecule has 0 aliphatic carbocycles. The van der Waals surface area contributed by atoms with E-state index in [1.807, 2.05) is 25.1 Å². The molecule has 1 N–H and O–H groups in total. The first kappa shape index (κ1) is 19.1. The second-order valence-electron chi connectivity index (χ2n) is 6.55. The number of rotatable bonds is 7. The smallest absolute Gasteiger partial charge is 0.331 e. The standard InChI is InChI=1S/C20H23N3O3S/c1-3-22-19(25)18-16(11-12-27-18)23(20(22)26)13-17(24)21-14(2)9-10-15-7-5-4-6-8-15/h4-8,11-12,14H,3,9-10,13H2,1-2H3,(H,21,24). The van der Waals surface area contributed by atoms with Crippen LogP contribution in [0.3, 0.4) is 0 Å². The molecule has 0 saturated heterocycles. The van der Waals surface area contributed by atoms with Crippen molar-refractivity contribution in [1.82, 2.24) is 14.5 Å². The molecule has 2 heterocycles. The molecular weight excluding hydrogens is 362 g/mol. The van der Waals surface area contributed by atoms with Crippen LogP contribution in [-0.4, -0.2) is 21.1 Å². The molecule has 0 bridgehead atoms. The van der Waals surface area contributed by atoms with Gasteiger partial charge >= 0.3 is 5.69 Å². The number of fused-ring (bicyclic) bond motifs is 1. The highest BCUT2D eigenvalue weighted by atomic mass is 32.1. The number of carbonyl (C=O) groups is 1. The predicted molar refractivity (Wildman–Crippen MR) is 108 cm³/mol. The Labute approximate surface area is 161 Å². The van der Waals surface area contributed by atoms with E-state index in [9.17, 15) is 14.4 Å². The van der Waals surface area contributed by atoms with Crippen molar-refractivity contribution in [3.63, 3.8) is 0 Å². The predicted octanol–water partition coefficient (Wildman–Crippen LogP) is 2.38. The van der Waals surface area contributed by atoms with Gasteiger partial charge in [-0.05, 0) is 43.7 Å². The molecule has 142 valence electrons. The van der Waals surface area contributed by atoms with Crippen LogP contribution in [-0.2, 0) is 24.3 Å². The second kappa shape index (κ2) is 8.35. The summed E-state index contributed by atoms with van der Waals surface area (Å²) in [5, 5.41) is 4.72. The molecule has 0 aliphatic rings. The number of thiophene rings is 1. The number of hydrogen-bond donors (Lipinski definition) is 1. The first-order valence-corrected chi connectivity index (χ1v) is 9.93. The molecule has 0 saturated carbocycles. The number of carbonyl (C=O) groups excluding carboxylic acids is 1. The number of amides is 1. The molecule has 2 aromatic heterocycles. The van der Waals surface area contributed by atoms with Crippen molar-refractivity contribution in [3.05, 3.63) is 68.2 Å². The van der Waals surface area contributed by atoms with Crippen LogP contribution < -0.4 is 16.6 Å². The van der Waals surface area contributed by atoms with E-state index >= 15 is 0 Å². The maximum Gasteiger partial charge on any atom is 0.331 e. The third-order valence-electron chi connectivity index (χ3n) is 4.57. The van der Waals surface area contributed by atoms with Gasteiger partial charge in [0.25, 0.3) is 5.56 Å². The van der Waals surface area contributed by atoms with E-state index in [2.05, 4.69) is 17.4 Å². The van der Waals surface area contributed by atoms with Gasteiger partial charge in [-0.1, -0.05) is 30.3 Å². The molecule has 1 atom stereocenters. The van der Waals surface area contributed by atoms with Crippen LogP contribution in [0.15, 0.2) is 51.4 Å². The van der Waals surface area contributed by atoms with Gasteiger partial charge in [0.15, 0.2) is 0 Å². The molecule has 6 nitrogen and oxygen atoms in total. The Morgan fingerprint density at radius 3 is 2.59 bits per heavy atom. The number of aryl methyl sites for hydroxylation is 1. The summed E-state index contributed by atoms with van der Waals surface area (Å²) in [6, 6.07) is 11.8. The summed E-state index contributed by atoms with van der Waals surface area (Å²) in [4.78, 5) is 37.4. The van der Waals surface area contributed by atoms with Crippen molar-refractivity contribution >= 4 is 27.5 Å². The van der Waals surface area contributed by atoms with Gasteiger partial charge in [-0.3, -0.25) is 18.7 Å². The molecule has 0 aliphatic heterocycles. The largest absolute Gasteiger partial charge is 0.352 e. The Balaban J connectivity index is 1.72. The van der Waals surface area contributed by atoms with Crippen molar-refractivity contribution in [2.45, 2.75) is 45.8 Å². The molecule has 3 rings (SSSR count). The topological polar surface area (TPSA) is 73.1 Å². The molecule has 1 unspecified atom stereocenters. The second-order valence-corrected chi connectivity index (χ2v) is 7.46. The highest BCUT2D eigenvalue weighted by molar-refractivity contribution is 7.17. The van der Waals surface area contributed by atoms with Crippen LogP contribution >= 0.6 is 11.3 Å². The van der Waals surface area contributed by atoms with E-state index in [1.54, 1.807) is 18.4 Å². The quantitative estimate of drug-likeness (QED) is 0.679. The van der Waals surface area contributed by atoms with Gasteiger partial charge < -0.3 is 5.32 Å². The summed E-state index contributed by atoms with van der Waals surface area (Å²) in [5.41, 5.74) is 1.01. The average Bonchev–Trinajstić information content (AvgIpc) is 3.15. The Morgan fingerprint density at radius 1 is 1.15 bits per heavy atom. The Hall–Kier alpha value is -2.67. The SMILES string of the molecule is CCn1c(=O)c2sccc2n(CC(=O)NC(C)CCc2ccccc2)c1=O. The molecule has 27 heavy (non-hydrogen) atoms. The normalized spacial score (nSPS) is 12.2. The molecule has 7 heteroatoms. The number of nitrogens with zero attached hydrogens (tertiary/aromatic N) is 2. The maximum atomic E-state index is 12.6. The minimum atomic E-state index is -0.444. The maximum absolute atomic E-state index is 12.6. The molecule has 1 aromatic carbocycles. The van der Waals surface area contributed by atoms with Crippen molar-refractivity contribution in [1.29, 1.82) is 0 Å². The first-order chi connectivity index (χ1) is 13.0. The zero-order valence-corrected chi connectivity index (χ0v) is 16.3. The summed E-state index contributed by atoms with van der Waals surface area (Å²) >= 11 is 1.29. The first-order valence-electron chi connectivity index (χ1n) is 9.05. The molecule has 1 amide bonds. The lowest BCUT2D eigenvalue weighted by atomic mass is 10.1. The van der Waals surface area contributed by atoms with E-state index in [-0.39, 0.29) is 30.6 Å². The van der Waals surface area contributed by atoms with Gasteiger partial charge in [-0.15, -0.1) is 11.3 Å². The van der Waals surface area contributed by atoms with Gasteiger partial charge in [0.1, 0.15) is 11.2 Å². The van der Waals surface area contributed by atoms with Crippen LogP contribution in [0.4, 0.5) is 0 Å². The van der Waals surface area contributed by atoms with Gasteiger partial charge in [-0.2, -0.15) is 0 Å². The molecule has 0 radical (unpaired) electrons. The van der Waals surface area contributed by atoms with E-state index in [0.717, 1.165) is 12.8 Å². The summed E-state index contributed by atoms with van der Waals surface area (Å²) < 4.78 is 3.06. The number of benzene rings is 1. The third-order valence-corrected chi connectivity index (χ3v) is 5.46. The molecule has 0 fully saturated rings.